The summed E-state index contributed by atoms with van der Waals surface area (Å²) in [5.74, 6) is 2.73. The number of carbonyl (C=O) groups excluding carboxylic acids is 2. The highest BCUT2D eigenvalue weighted by atomic mass is 16.3. The van der Waals surface area contributed by atoms with Gasteiger partial charge in [-0.25, -0.2) is 0 Å². The third-order valence-corrected chi connectivity index (χ3v) is 9.09. The number of hydrogen-bond donors (Lipinski definition) is 2. The number of rotatable bonds is 4. The van der Waals surface area contributed by atoms with Gasteiger partial charge in [-0.3, -0.25) is 9.59 Å². The molecule has 0 saturated heterocycles. The maximum atomic E-state index is 11.4. The Morgan fingerprint density at radius 1 is 0.605 bits per heavy atom. The van der Waals surface area contributed by atoms with Crippen LogP contribution in [-0.2, 0) is 5.41 Å². The summed E-state index contributed by atoms with van der Waals surface area (Å²) >= 11 is 0. The number of aldehydes is 2. The van der Waals surface area contributed by atoms with Crippen molar-refractivity contribution >= 4 is 23.3 Å². The third-order valence-electron chi connectivity index (χ3n) is 9.09. The van der Waals surface area contributed by atoms with Crippen LogP contribution < -0.4 is 0 Å². The predicted molar refractivity (Wildman–Crippen MR) is 150 cm³/mol. The van der Waals surface area contributed by atoms with Gasteiger partial charge in [-0.1, -0.05) is 66.7 Å². The van der Waals surface area contributed by atoms with Crippen molar-refractivity contribution < 1.29 is 19.8 Å². The highest BCUT2D eigenvalue weighted by Crippen LogP contribution is 2.61. The number of benzene rings is 4. The van der Waals surface area contributed by atoms with E-state index in [-0.39, 0.29) is 16.9 Å². The summed E-state index contributed by atoms with van der Waals surface area (Å²) in [7, 11) is 0. The average molecular weight is 505 g/mol. The van der Waals surface area contributed by atoms with Gasteiger partial charge in [0.1, 0.15) is 11.5 Å². The predicted octanol–water partition coefficient (Wildman–Crippen LogP) is 7.70. The van der Waals surface area contributed by atoms with Crippen LogP contribution in [0.5, 0.6) is 11.5 Å². The molecule has 192 valence electrons. The van der Waals surface area contributed by atoms with Gasteiger partial charge in [0.05, 0.1) is 11.1 Å². The highest BCUT2D eigenvalue weighted by molar-refractivity contribution is 6.01. The molecule has 0 heterocycles. The van der Waals surface area contributed by atoms with Gasteiger partial charge in [0.15, 0.2) is 12.6 Å². The lowest BCUT2D eigenvalue weighted by molar-refractivity contribution is -0.00552. The fraction of sp³-hybridized carbons (Fsp3) is 0.294. The Hall–Kier alpha value is -3.92. The van der Waals surface area contributed by atoms with Crippen LogP contribution in [0.15, 0.2) is 78.9 Å². The van der Waals surface area contributed by atoms with E-state index in [0.717, 1.165) is 51.5 Å². The minimum Gasteiger partial charge on any atom is -0.507 e. The van der Waals surface area contributed by atoms with Crippen molar-refractivity contribution in [1.29, 1.82) is 0 Å². The Morgan fingerprint density at radius 2 is 1.13 bits per heavy atom. The quantitative estimate of drug-likeness (QED) is 0.279. The van der Waals surface area contributed by atoms with E-state index in [9.17, 15) is 19.8 Å². The molecule has 4 aliphatic carbocycles. The molecule has 4 aromatic rings. The second-order valence-corrected chi connectivity index (χ2v) is 11.4. The molecule has 4 saturated carbocycles. The smallest absolute Gasteiger partial charge is 0.154 e. The van der Waals surface area contributed by atoms with E-state index in [1.807, 2.05) is 54.6 Å². The fourth-order valence-corrected chi connectivity index (χ4v) is 7.95. The fourth-order valence-electron chi connectivity index (χ4n) is 7.95. The molecular formula is C34H32O4. The van der Waals surface area contributed by atoms with E-state index in [1.165, 1.54) is 44.6 Å². The van der Waals surface area contributed by atoms with Gasteiger partial charge in [0, 0.05) is 0 Å². The van der Waals surface area contributed by atoms with E-state index >= 15 is 0 Å². The van der Waals surface area contributed by atoms with E-state index in [2.05, 4.69) is 6.07 Å². The van der Waals surface area contributed by atoms with Crippen molar-refractivity contribution in [1.82, 2.24) is 0 Å². The van der Waals surface area contributed by atoms with E-state index in [0.29, 0.717) is 17.4 Å². The number of fused-ring (bicyclic) bond motifs is 1. The molecule has 0 atom stereocenters. The van der Waals surface area contributed by atoms with Crippen LogP contribution >= 0.6 is 0 Å². The zero-order valence-electron chi connectivity index (χ0n) is 21.3. The maximum absolute atomic E-state index is 11.4. The summed E-state index contributed by atoms with van der Waals surface area (Å²) in [5.41, 5.74) is 3.90. The Bertz CT molecular complexity index is 1480. The molecule has 8 rings (SSSR count). The van der Waals surface area contributed by atoms with E-state index in [4.69, 9.17) is 0 Å². The first-order chi connectivity index (χ1) is 18.5. The van der Waals surface area contributed by atoms with Crippen LogP contribution in [0, 0.1) is 17.8 Å². The number of phenols is 2. The molecule has 4 nitrogen and oxygen atoms in total. The number of carbonyl (C=O) groups is 2. The minimum atomic E-state index is 0.0143. The van der Waals surface area contributed by atoms with E-state index in [1.54, 1.807) is 12.1 Å². The monoisotopic (exact) mass is 504 g/mol. The molecule has 4 heteroatoms. The summed E-state index contributed by atoms with van der Waals surface area (Å²) in [5, 5.41) is 21.9. The van der Waals surface area contributed by atoms with Gasteiger partial charge in [-0.15, -0.1) is 0 Å². The molecule has 4 fully saturated rings. The zero-order valence-corrected chi connectivity index (χ0v) is 21.3. The molecular weight excluding hydrogens is 472 g/mol. The molecule has 0 aliphatic heterocycles. The van der Waals surface area contributed by atoms with Gasteiger partial charge in [0.25, 0.3) is 0 Å². The first-order valence-electron chi connectivity index (χ1n) is 13.5. The summed E-state index contributed by atoms with van der Waals surface area (Å²) in [6.07, 6.45) is 9.42. The molecule has 4 aromatic carbocycles. The van der Waals surface area contributed by atoms with Gasteiger partial charge in [-0.2, -0.15) is 0 Å². The summed E-state index contributed by atoms with van der Waals surface area (Å²) < 4.78 is 0. The standard InChI is InChI=1S/C17H20O2.C17H12O2/c18-10-14-15(2-1-3-16(14)19)17-7-11-4-12(8-17)6-13(5-11)9-17;18-11-16-15(9-4-10-17(16)19)14-8-3-6-12-5-1-2-7-13(12)14/h1-3,10-13,19H,4-9H2;1-11,19H. The lowest BCUT2D eigenvalue weighted by Gasteiger charge is -2.57. The molecule has 0 amide bonds. The summed E-state index contributed by atoms with van der Waals surface area (Å²) in [6, 6.07) is 24.7. The first-order valence-corrected chi connectivity index (χ1v) is 13.5. The van der Waals surface area contributed by atoms with Crippen molar-refractivity contribution in [3.05, 3.63) is 95.6 Å². The molecule has 4 bridgehead atoms. The molecule has 38 heavy (non-hydrogen) atoms. The van der Waals surface area contributed by atoms with Gasteiger partial charge in [0.2, 0.25) is 0 Å². The van der Waals surface area contributed by atoms with Crippen molar-refractivity contribution in [2.24, 2.45) is 17.8 Å². The van der Waals surface area contributed by atoms with Gasteiger partial charge >= 0.3 is 0 Å². The van der Waals surface area contributed by atoms with Crippen LogP contribution in [0.3, 0.4) is 0 Å². The van der Waals surface area contributed by atoms with Gasteiger partial charge in [-0.05, 0) is 101 Å². The second kappa shape index (κ2) is 9.75. The topological polar surface area (TPSA) is 74.6 Å². The Balaban J connectivity index is 0.000000139. The Labute approximate surface area is 223 Å². The lowest BCUT2D eigenvalue weighted by atomic mass is 9.47. The van der Waals surface area contributed by atoms with Crippen LogP contribution in [0.25, 0.3) is 21.9 Å². The third kappa shape index (κ3) is 4.18. The largest absolute Gasteiger partial charge is 0.507 e. The highest BCUT2D eigenvalue weighted by Gasteiger charge is 2.52. The molecule has 0 aromatic heterocycles. The van der Waals surface area contributed by atoms with Crippen molar-refractivity contribution in [2.75, 3.05) is 0 Å². The molecule has 2 N–H and O–H groups in total. The molecule has 4 aliphatic rings. The first kappa shape index (κ1) is 24.4. The Morgan fingerprint density at radius 3 is 1.79 bits per heavy atom. The normalized spacial score (nSPS) is 25.0. The van der Waals surface area contributed by atoms with Crippen molar-refractivity contribution in [3.63, 3.8) is 0 Å². The zero-order chi connectivity index (χ0) is 26.3. The Kier molecular flexibility index (Phi) is 6.27. The number of hydrogen-bond acceptors (Lipinski definition) is 4. The summed E-state index contributed by atoms with van der Waals surface area (Å²) in [4.78, 5) is 22.6. The lowest BCUT2D eigenvalue weighted by Crippen LogP contribution is -2.48. The van der Waals surface area contributed by atoms with Crippen molar-refractivity contribution in [2.45, 2.75) is 43.9 Å². The van der Waals surface area contributed by atoms with E-state index < -0.39 is 0 Å². The van der Waals surface area contributed by atoms with Crippen LogP contribution in [0.4, 0.5) is 0 Å². The van der Waals surface area contributed by atoms with Gasteiger partial charge < -0.3 is 10.2 Å². The summed E-state index contributed by atoms with van der Waals surface area (Å²) in [6.45, 7) is 0. The maximum Gasteiger partial charge on any atom is 0.154 e. The average Bonchev–Trinajstić information content (AvgIpc) is 2.92. The minimum absolute atomic E-state index is 0.0143. The van der Waals surface area contributed by atoms with Crippen molar-refractivity contribution in [3.8, 4) is 22.6 Å². The van der Waals surface area contributed by atoms with Crippen LogP contribution in [0.2, 0.25) is 0 Å². The molecule has 0 spiro atoms. The number of aromatic hydroxyl groups is 2. The SMILES string of the molecule is O=Cc1c(O)cccc1-c1cccc2ccccc12.O=Cc1c(O)cccc1C12CC3CC(CC(C3)C1)C2. The number of phenolic OH excluding ortho intramolecular Hbond substituents is 2. The molecule has 0 radical (unpaired) electrons. The van der Waals surface area contributed by atoms with Crippen LogP contribution in [-0.4, -0.2) is 22.8 Å². The second-order valence-electron chi connectivity index (χ2n) is 11.4. The van der Waals surface area contributed by atoms with Crippen LogP contribution in [0.1, 0.15) is 64.8 Å². The molecule has 0 unspecified atom stereocenters.